The van der Waals surface area contributed by atoms with Crippen molar-refractivity contribution in [1.29, 1.82) is 0 Å². The molecule has 27 heavy (non-hydrogen) atoms. The summed E-state index contributed by atoms with van der Waals surface area (Å²) in [5, 5.41) is 13.3. The molecule has 0 spiro atoms. The van der Waals surface area contributed by atoms with E-state index in [9.17, 15) is 18.3 Å². The maximum absolute atomic E-state index is 12.9. The van der Waals surface area contributed by atoms with E-state index in [1.165, 1.54) is 10.5 Å². The predicted molar refractivity (Wildman–Crippen MR) is 102 cm³/mol. The van der Waals surface area contributed by atoms with Gasteiger partial charge in [-0.25, -0.2) is 13.4 Å². The number of sulfonamides is 1. The molecule has 0 radical (unpaired) electrons. The maximum Gasteiger partial charge on any atom is 0.260 e. The lowest BCUT2D eigenvalue weighted by atomic mass is 10.0. The number of aliphatic hydroxyl groups is 1. The molecular formula is C18H30N4O4S. The molecule has 0 bridgehead atoms. The fourth-order valence-corrected chi connectivity index (χ4v) is 4.89. The van der Waals surface area contributed by atoms with Gasteiger partial charge >= 0.3 is 0 Å². The number of carbonyl (C=O) groups excluding carboxylic acids is 1. The van der Waals surface area contributed by atoms with E-state index in [-0.39, 0.29) is 29.9 Å². The number of nitrogens with one attached hydrogen (secondary N) is 1. The van der Waals surface area contributed by atoms with Gasteiger partial charge in [0.2, 0.25) is 5.91 Å². The standard InChI is InChI=1S/C18H30N4O4S/c1-12(2)10-14(19)17(24)21-15-7-5-9-22(11-16(15)23)27(25,26)18-13(3)6-4-8-20-18/h4,6,8,12,14-16,23H,5,7,9-11,19H2,1-3H3,(H,21,24)/t14-,15?,16?/m0/s1. The number of β-amino-alcohol motifs (C(OH)–C–C–N with tert-alkyl or cyclic N) is 1. The van der Waals surface area contributed by atoms with E-state index in [0.29, 0.717) is 24.8 Å². The third kappa shape index (κ3) is 5.47. The zero-order valence-electron chi connectivity index (χ0n) is 16.1. The summed E-state index contributed by atoms with van der Waals surface area (Å²) in [6, 6.07) is 2.20. The first-order valence-electron chi connectivity index (χ1n) is 9.28. The molecule has 1 amide bonds. The normalized spacial score (nSPS) is 23.0. The Kier molecular flexibility index (Phi) is 7.32. The number of hydrogen-bond acceptors (Lipinski definition) is 6. The Morgan fingerprint density at radius 1 is 1.48 bits per heavy atom. The number of pyridine rings is 1. The van der Waals surface area contributed by atoms with Crippen LogP contribution in [0.2, 0.25) is 0 Å². The average molecular weight is 399 g/mol. The van der Waals surface area contributed by atoms with Crippen LogP contribution in [-0.2, 0) is 14.8 Å². The summed E-state index contributed by atoms with van der Waals surface area (Å²) in [6.07, 6.45) is 1.98. The largest absolute Gasteiger partial charge is 0.390 e. The fourth-order valence-electron chi connectivity index (χ4n) is 3.26. The van der Waals surface area contributed by atoms with Crippen molar-refractivity contribution in [3.63, 3.8) is 0 Å². The van der Waals surface area contributed by atoms with Gasteiger partial charge in [0.1, 0.15) is 0 Å². The molecule has 2 heterocycles. The highest BCUT2D eigenvalue weighted by Crippen LogP contribution is 2.21. The summed E-state index contributed by atoms with van der Waals surface area (Å²) in [5.41, 5.74) is 6.46. The van der Waals surface area contributed by atoms with Gasteiger partial charge in [-0.3, -0.25) is 4.79 Å². The Morgan fingerprint density at radius 2 is 2.19 bits per heavy atom. The van der Waals surface area contributed by atoms with Crippen molar-refractivity contribution in [3.05, 3.63) is 23.9 Å². The van der Waals surface area contributed by atoms with Crippen LogP contribution < -0.4 is 11.1 Å². The van der Waals surface area contributed by atoms with Crippen LogP contribution in [0.25, 0.3) is 0 Å². The summed E-state index contributed by atoms with van der Waals surface area (Å²) in [4.78, 5) is 16.3. The number of rotatable bonds is 6. The molecule has 0 aliphatic carbocycles. The van der Waals surface area contributed by atoms with Crippen LogP contribution in [0.4, 0.5) is 0 Å². The van der Waals surface area contributed by atoms with Crippen molar-refractivity contribution in [2.45, 2.75) is 63.2 Å². The second-order valence-corrected chi connectivity index (χ2v) is 9.40. The number of nitrogens with two attached hydrogens (primary N) is 1. The van der Waals surface area contributed by atoms with Crippen molar-refractivity contribution in [2.24, 2.45) is 11.7 Å². The van der Waals surface area contributed by atoms with Gasteiger partial charge in [-0.05, 0) is 43.7 Å². The highest BCUT2D eigenvalue weighted by molar-refractivity contribution is 7.89. The van der Waals surface area contributed by atoms with Gasteiger partial charge in [0.25, 0.3) is 10.0 Å². The molecule has 0 aromatic carbocycles. The Balaban J connectivity index is 2.08. The Hall–Kier alpha value is -1.55. The van der Waals surface area contributed by atoms with Gasteiger partial charge in [-0.1, -0.05) is 19.9 Å². The van der Waals surface area contributed by atoms with Crippen LogP contribution in [0, 0.1) is 12.8 Å². The molecule has 2 rings (SSSR count). The number of aliphatic hydroxyl groups excluding tert-OH is 1. The van der Waals surface area contributed by atoms with E-state index in [1.54, 1.807) is 19.1 Å². The van der Waals surface area contributed by atoms with E-state index in [1.807, 2.05) is 13.8 Å². The molecule has 1 aliphatic heterocycles. The number of nitrogens with zero attached hydrogens (tertiary/aromatic N) is 2. The van der Waals surface area contributed by atoms with Gasteiger partial charge in [0.15, 0.2) is 5.03 Å². The van der Waals surface area contributed by atoms with Crippen LogP contribution in [-0.4, -0.2) is 60.0 Å². The maximum atomic E-state index is 12.9. The number of hydrogen-bond donors (Lipinski definition) is 3. The second-order valence-electron chi connectivity index (χ2n) is 7.55. The third-order valence-corrected chi connectivity index (χ3v) is 6.64. The summed E-state index contributed by atoms with van der Waals surface area (Å²) in [7, 11) is -3.81. The third-order valence-electron chi connectivity index (χ3n) is 4.71. The van der Waals surface area contributed by atoms with Crippen LogP contribution in [0.15, 0.2) is 23.4 Å². The summed E-state index contributed by atoms with van der Waals surface area (Å²) in [5.74, 6) is -0.0309. The zero-order chi connectivity index (χ0) is 20.2. The number of carbonyl (C=O) groups is 1. The summed E-state index contributed by atoms with van der Waals surface area (Å²) >= 11 is 0. The highest BCUT2D eigenvalue weighted by atomic mass is 32.2. The Morgan fingerprint density at radius 3 is 2.81 bits per heavy atom. The average Bonchev–Trinajstić information content (AvgIpc) is 2.77. The molecule has 9 heteroatoms. The molecule has 1 fully saturated rings. The SMILES string of the molecule is Cc1cccnc1S(=O)(=O)N1CCCC(NC(=O)[C@@H](N)CC(C)C)C(O)C1. The molecule has 1 saturated heterocycles. The minimum atomic E-state index is -3.81. The highest BCUT2D eigenvalue weighted by Gasteiger charge is 2.35. The molecule has 152 valence electrons. The second kappa shape index (κ2) is 9.09. The van der Waals surface area contributed by atoms with Crippen LogP contribution in [0.1, 0.15) is 38.7 Å². The molecule has 4 N–H and O–H groups in total. The van der Waals surface area contributed by atoms with Gasteiger partial charge < -0.3 is 16.2 Å². The Labute approximate surface area is 161 Å². The van der Waals surface area contributed by atoms with Crippen molar-refractivity contribution in [1.82, 2.24) is 14.6 Å². The topological polar surface area (TPSA) is 126 Å². The van der Waals surface area contributed by atoms with E-state index in [0.717, 1.165) is 0 Å². The molecule has 1 aromatic rings. The first-order valence-corrected chi connectivity index (χ1v) is 10.7. The molecule has 2 unspecified atom stereocenters. The minimum Gasteiger partial charge on any atom is -0.390 e. The van der Waals surface area contributed by atoms with E-state index < -0.39 is 28.2 Å². The quantitative estimate of drug-likeness (QED) is 0.637. The van der Waals surface area contributed by atoms with E-state index in [4.69, 9.17) is 5.73 Å². The van der Waals surface area contributed by atoms with Crippen molar-refractivity contribution < 1.29 is 18.3 Å². The van der Waals surface area contributed by atoms with Gasteiger partial charge in [0.05, 0.1) is 18.2 Å². The lowest BCUT2D eigenvalue weighted by Gasteiger charge is -2.26. The minimum absolute atomic E-state index is 0.00126. The molecule has 8 nitrogen and oxygen atoms in total. The van der Waals surface area contributed by atoms with Crippen LogP contribution in [0.3, 0.4) is 0 Å². The first kappa shape index (κ1) is 21.7. The first-order chi connectivity index (χ1) is 12.6. The molecule has 3 atom stereocenters. The smallest absolute Gasteiger partial charge is 0.260 e. The zero-order valence-corrected chi connectivity index (χ0v) is 16.9. The monoisotopic (exact) mass is 398 g/mol. The lowest BCUT2D eigenvalue weighted by Crippen LogP contribution is -2.51. The molecule has 1 aromatic heterocycles. The lowest BCUT2D eigenvalue weighted by molar-refractivity contribution is -0.124. The van der Waals surface area contributed by atoms with E-state index in [2.05, 4.69) is 10.3 Å². The molecule has 1 aliphatic rings. The summed E-state index contributed by atoms with van der Waals surface area (Å²) < 4.78 is 27.1. The van der Waals surface area contributed by atoms with Gasteiger partial charge in [0, 0.05) is 19.3 Å². The van der Waals surface area contributed by atoms with Crippen molar-refractivity contribution in [2.75, 3.05) is 13.1 Å². The van der Waals surface area contributed by atoms with Gasteiger partial charge in [-0.2, -0.15) is 4.31 Å². The van der Waals surface area contributed by atoms with Crippen molar-refractivity contribution >= 4 is 15.9 Å². The Bertz CT molecular complexity index is 753. The fraction of sp³-hybridized carbons (Fsp3) is 0.667. The van der Waals surface area contributed by atoms with E-state index >= 15 is 0 Å². The number of amides is 1. The van der Waals surface area contributed by atoms with Crippen LogP contribution in [0.5, 0.6) is 0 Å². The van der Waals surface area contributed by atoms with Crippen LogP contribution >= 0.6 is 0 Å². The van der Waals surface area contributed by atoms with Gasteiger partial charge in [-0.15, -0.1) is 0 Å². The molecular weight excluding hydrogens is 368 g/mol. The van der Waals surface area contributed by atoms with Crippen molar-refractivity contribution in [3.8, 4) is 0 Å². The summed E-state index contributed by atoms with van der Waals surface area (Å²) in [6.45, 7) is 5.82. The number of aromatic nitrogens is 1. The molecule has 0 saturated carbocycles. The predicted octanol–water partition coefficient (Wildman–Crippen LogP) is 0.394. The number of aryl methyl sites for hydroxylation is 1.